The number of nitrogens with zero attached hydrogens (tertiary/aromatic N) is 1. The van der Waals surface area contributed by atoms with Gasteiger partial charge in [0.05, 0.1) is 4.88 Å². The van der Waals surface area contributed by atoms with Crippen molar-refractivity contribution in [2.45, 2.75) is 31.7 Å². The molecule has 4 rings (SSSR count). The quantitative estimate of drug-likeness (QED) is 0.618. The molecule has 0 bridgehead atoms. The van der Waals surface area contributed by atoms with Crippen LogP contribution in [0.25, 0.3) is 10.1 Å². The SMILES string of the molecule is CNC(=O)c1sc2ccccc2c1C[C@H]1CCCCN1C(=O)COc1ccc(F)cc1. The zero-order chi connectivity index (χ0) is 21.8. The van der Waals surface area contributed by atoms with Gasteiger partial charge in [0, 0.05) is 24.3 Å². The van der Waals surface area contributed by atoms with E-state index in [2.05, 4.69) is 5.32 Å². The number of hydrogen-bond donors (Lipinski definition) is 1. The van der Waals surface area contributed by atoms with Crippen LogP contribution in [0.3, 0.4) is 0 Å². The average Bonchev–Trinajstić information content (AvgIpc) is 3.17. The van der Waals surface area contributed by atoms with Gasteiger partial charge in [0.25, 0.3) is 11.8 Å². The molecule has 2 amide bonds. The Morgan fingerprint density at radius 2 is 1.94 bits per heavy atom. The Morgan fingerprint density at radius 3 is 2.71 bits per heavy atom. The van der Waals surface area contributed by atoms with E-state index in [4.69, 9.17) is 4.74 Å². The normalized spacial score (nSPS) is 16.3. The molecule has 0 saturated carbocycles. The number of hydrogen-bond acceptors (Lipinski definition) is 4. The van der Waals surface area contributed by atoms with Gasteiger partial charge in [-0.1, -0.05) is 18.2 Å². The maximum atomic E-state index is 13.1. The first-order valence-corrected chi connectivity index (χ1v) is 11.3. The Labute approximate surface area is 184 Å². The van der Waals surface area contributed by atoms with Gasteiger partial charge in [0.15, 0.2) is 6.61 Å². The van der Waals surface area contributed by atoms with Crippen LogP contribution in [0.1, 0.15) is 34.5 Å². The van der Waals surface area contributed by atoms with Crippen LogP contribution in [-0.2, 0) is 11.2 Å². The van der Waals surface area contributed by atoms with Crippen molar-refractivity contribution in [3.05, 3.63) is 64.8 Å². The summed E-state index contributed by atoms with van der Waals surface area (Å²) in [6.45, 7) is 0.586. The predicted octanol–water partition coefficient (Wildman–Crippen LogP) is 4.40. The number of fused-ring (bicyclic) bond motifs is 1. The maximum absolute atomic E-state index is 13.1. The number of ether oxygens (including phenoxy) is 1. The van der Waals surface area contributed by atoms with E-state index in [1.54, 1.807) is 7.05 Å². The fourth-order valence-corrected chi connectivity index (χ4v) is 5.31. The van der Waals surface area contributed by atoms with Crippen LogP contribution >= 0.6 is 11.3 Å². The molecule has 0 spiro atoms. The van der Waals surface area contributed by atoms with Crippen LogP contribution in [0.4, 0.5) is 4.39 Å². The summed E-state index contributed by atoms with van der Waals surface area (Å²) < 4.78 is 19.7. The lowest BCUT2D eigenvalue weighted by Crippen LogP contribution is -2.47. The van der Waals surface area contributed by atoms with E-state index >= 15 is 0 Å². The standard InChI is InChI=1S/C24H25FN2O3S/c1-26-24(29)23-20(19-7-2-3-8-21(19)31-23)14-17-6-4-5-13-27(17)22(28)15-30-18-11-9-16(25)10-12-18/h2-3,7-12,17H,4-6,13-15H2,1H3,(H,26,29)/t17-/m1/s1. The van der Waals surface area contributed by atoms with Crippen molar-refractivity contribution < 1.29 is 18.7 Å². The summed E-state index contributed by atoms with van der Waals surface area (Å²) in [6, 6.07) is 13.7. The van der Waals surface area contributed by atoms with Crippen LogP contribution in [0.15, 0.2) is 48.5 Å². The molecule has 2 heterocycles. The van der Waals surface area contributed by atoms with Crippen molar-refractivity contribution in [1.29, 1.82) is 0 Å². The first-order chi connectivity index (χ1) is 15.1. The number of carbonyl (C=O) groups excluding carboxylic acids is 2. The Bertz CT molecular complexity index is 1080. The Hall–Kier alpha value is -2.93. The first-order valence-electron chi connectivity index (χ1n) is 10.5. The molecule has 0 unspecified atom stereocenters. The lowest BCUT2D eigenvalue weighted by atomic mass is 9.94. The Balaban J connectivity index is 1.53. The minimum atomic E-state index is -0.343. The van der Waals surface area contributed by atoms with Gasteiger partial charge in [0.2, 0.25) is 0 Å². The molecule has 0 aliphatic carbocycles. The third kappa shape index (κ3) is 4.71. The molecule has 1 aromatic heterocycles. The second-order valence-corrected chi connectivity index (χ2v) is 8.72. The number of thiophene rings is 1. The van der Waals surface area contributed by atoms with Gasteiger partial charge < -0.3 is 15.0 Å². The van der Waals surface area contributed by atoms with Gasteiger partial charge in [-0.15, -0.1) is 11.3 Å². The van der Waals surface area contributed by atoms with Gasteiger partial charge in [-0.2, -0.15) is 0 Å². The molecule has 1 N–H and O–H groups in total. The highest BCUT2D eigenvalue weighted by atomic mass is 32.1. The lowest BCUT2D eigenvalue weighted by Gasteiger charge is -2.36. The van der Waals surface area contributed by atoms with Crippen molar-refractivity contribution in [1.82, 2.24) is 10.2 Å². The van der Waals surface area contributed by atoms with Crippen LogP contribution in [0.5, 0.6) is 5.75 Å². The molecule has 3 aromatic rings. The van der Waals surface area contributed by atoms with Gasteiger partial charge in [-0.3, -0.25) is 9.59 Å². The summed E-state index contributed by atoms with van der Waals surface area (Å²) in [4.78, 5) is 28.1. The van der Waals surface area contributed by atoms with E-state index in [9.17, 15) is 14.0 Å². The summed E-state index contributed by atoms with van der Waals surface area (Å²) in [5.41, 5.74) is 1.00. The number of rotatable bonds is 6. The number of nitrogens with one attached hydrogen (secondary N) is 1. The molecule has 1 aliphatic heterocycles. The number of carbonyl (C=O) groups is 2. The highest BCUT2D eigenvalue weighted by Gasteiger charge is 2.29. The number of amides is 2. The highest BCUT2D eigenvalue weighted by molar-refractivity contribution is 7.21. The lowest BCUT2D eigenvalue weighted by molar-refractivity contribution is -0.137. The van der Waals surface area contributed by atoms with Crippen molar-refractivity contribution in [2.75, 3.05) is 20.2 Å². The third-order valence-corrected chi connectivity index (χ3v) is 6.91. The smallest absolute Gasteiger partial charge is 0.261 e. The molecule has 31 heavy (non-hydrogen) atoms. The Kier molecular flexibility index (Phi) is 6.51. The van der Waals surface area contributed by atoms with Crippen LogP contribution in [0.2, 0.25) is 0 Å². The topological polar surface area (TPSA) is 58.6 Å². The molecular weight excluding hydrogens is 415 g/mol. The van der Waals surface area contributed by atoms with Gasteiger partial charge in [0.1, 0.15) is 11.6 Å². The zero-order valence-corrected chi connectivity index (χ0v) is 18.2. The third-order valence-electron chi connectivity index (χ3n) is 5.69. The van der Waals surface area contributed by atoms with Crippen LogP contribution in [0, 0.1) is 5.82 Å². The number of benzene rings is 2. The maximum Gasteiger partial charge on any atom is 0.261 e. The zero-order valence-electron chi connectivity index (χ0n) is 17.4. The minimum absolute atomic E-state index is 0.0134. The molecule has 1 atom stereocenters. The molecule has 7 heteroatoms. The van der Waals surface area contributed by atoms with E-state index in [-0.39, 0.29) is 30.3 Å². The molecular formula is C24H25FN2O3S. The predicted molar refractivity (Wildman–Crippen MR) is 120 cm³/mol. The summed E-state index contributed by atoms with van der Waals surface area (Å²) in [7, 11) is 1.64. The van der Waals surface area contributed by atoms with E-state index < -0.39 is 0 Å². The van der Waals surface area contributed by atoms with Gasteiger partial charge in [-0.05, 0) is 67.0 Å². The van der Waals surface area contributed by atoms with E-state index in [0.29, 0.717) is 23.6 Å². The van der Waals surface area contributed by atoms with Gasteiger partial charge >= 0.3 is 0 Å². The van der Waals surface area contributed by atoms with Crippen molar-refractivity contribution >= 4 is 33.2 Å². The summed E-state index contributed by atoms with van der Waals surface area (Å²) in [5, 5.41) is 3.82. The summed E-state index contributed by atoms with van der Waals surface area (Å²) >= 11 is 1.49. The largest absolute Gasteiger partial charge is 0.484 e. The Morgan fingerprint density at radius 1 is 1.16 bits per heavy atom. The van der Waals surface area contributed by atoms with Crippen molar-refractivity contribution in [3.8, 4) is 5.75 Å². The average molecular weight is 441 g/mol. The summed E-state index contributed by atoms with van der Waals surface area (Å²) in [5.74, 6) is -0.0571. The van der Waals surface area contributed by atoms with Crippen molar-refractivity contribution in [2.24, 2.45) is 0 Å². The van der Waals surface area contributed by atoms with E-state index in [1.165, 1.54) is 35.6 Å². The fraction of sp³-hybridized carbons (Fsp3) is 0.333. The molecule has 5 nitrogen and oxygen atoms in total. The van der Waals surface area contributed by atoms with E-state index in [0.717, 1.165) is 34.9 Å². The summed E-state index contributed by atoms with van der Waals surface area (Å²) in [6.07, 6.45) is 3.52. The number of likely N-dealkylation sites (tertiary alicyclic amines) is 1. The van der Waals surface area contributed by atoms with E-state index in [1.807, 2.05) is 29.2 Å². The first kappa shape index (κ1) is 21.3. The molecule has 1 saturated heterocycles. The molecule has 2 aromatic carbocycles. The number of piperidine rings is 1. The van der Waals surface area contributed by atoms with Crippen LogP contribution in [-0.4, -0.2) is 43.0 Å². The highest BCUT2D eigenvalue weighted by Crippen LogP contribution is 2.34. The second-order valence-electron chi connectivity index (χ2n) is 7.67. The minimum Gasteiger partial charge on any atom is -0.484 e. The molecule has 1 aliphatic rings. The monoisotopic (exact) mass is 440 g/mol. The van der Waals surface area contributed by atoms with Crippen LogP contribution < -0.4 is 10.1 Å². The molecule has 162 valence electrons. The number of halogens is 1. The van der Waals surface area contributed by atoms with Crippen molar-refractivity contribution in [3.63, 3.8) is 0 Å². The fourth-order valence-electron chi connectivity index (χ4n) is 4.13. The molecule has 0 radical (unpaired) electrons. The van der Waals surface area contributed by atoms with Gasteiger partial charge in [-0.25, -0.2) is 4.39 Å². The second kappa shape index (κ2) is 9.47. The molecule has 1 fully saturated rings.